The molecule has 1 aromatic carbocycles. The van der Waals surface area contributed by atoms with E-state index in [9.17, 15) is 18.7 Å². The number of halogens is 2. The zero-order valence-electron chi connectivity index (χ0n) is 12.6. The van der Waals surface area contributed by atoms with Gasteiger partial charge in [0.2, 0.25) is 5.91 Å². The van der Waals surface area contributed by atoms with Crippen molar-refractivity contribution in [3.8, 4) is 0 Å². The van der Waals surface area contributed by atoms with Crippen LogP contribution in [0.3, 0.4) is 0 Å². The number of alkyl halides is 2. The van der Waals surface area contributed by atoms with Gasteiger partial charge < -0.3 is 15.4 Å². The Bertz CT molecular complexity index is 708. The lowest BCUT2D eigenvalue weighted by molar-refractivity contribution is -0.122. The molecule has 1 amide bonds. The van der Waals surface area contributed by atoms with Gasteiger partial charge in [0, 0.05) is 5.69 Å². The van der Waals surface area contributed by atoms with Gasteiger partial charge in [-0.25, -0.2) is 13.8 Å². The standard InChI is InChI=1S/C16H19F2N3O2/c17-14(18)15-20-11-5-4-10(8-12(11)21-15)19-13(22)9-16(23)6-2-1-3-7-16/h4-5,8,14,23H,1-3,6-7,9H2,(H,19,22)(H,20,21). The van der Waals surface area contributed by atoms with Crippen molar-refractivity contribution in [2.45, 2.75) is 50.6 Å². The van der Waals surface area contributed by atoms with E-state index in [0.29, 0.717) is 29.6 Å². The first-order valence-electron chi connectivity index (χ1n) is 7.75. The fourth-order valence-corrected chi connectivity index (χ4v) is 3.10. The molecule has 0 radical (unpaired) electrons. The average Bonchev–Trinajstić information content (AvgIpc) is 2.90. The number of nitrogens with zero attached hydrogens (tertiary/aromatic N) is 1. The third-order valence-corrected chi connectivity index (χ3v) is 4.26. The number of nitrogens with one attached hydrogen (secondary N) is 2. The highest BCUT2D eigenvalue weighted by atomic mass is 19.3. The quantitative estimate of drug-likeness (QED) is 0.805. The molecule has 7 heteroatoms. The predicted octanol–water partition coefficient (Wildman–Crippen LogP) is 3.52. The summed E-state index contributed by atoms with van der Waals surface area (Å²) in [6.45, 7) is 0. The fourth-order valence-electron chi connectivity index (χ4n) is 3.10. The Kier molecular flexibility index (Phi) is 4.30. The number of amides is 1. The third kappa shape index (κ3) is 3.67. The number of fused-ring (bicyclic) bond motifs is 1. The first-order chi connectivity index (χ1) is 11.0. The first-order valence-corrected chi connectivity index (χ1v) is 7.75. The highest BCUT2D eigenvalue weighted by Gasteiger charge is 2.31. The molecule has 23 heavy (non-hydrogen) atoms. The molecule has 0 atom stereocenters. The lowest BCUT2D eigenvalue weighted by Gasteiger charge is -2.31. The Morgan fingerprint density at radius 1 is 1.35 bits per heavy atom. The number of hydrogen-bond donors (Lipinski definition) is 3. The van der Waals surface area contributed by atoms with Crippen molar-refractivity contribution in [3.05, 3.63) is 24.0 Å². The molecule has 1 aliphatic carbocycles. The topological polar surface area (TPSA) is 78.0 Å². The van der Waals surface area contributed by atoms with E-state index in [1.54, 1.807) is 18.2 Å². The molecule has 1 aliphatic rings. The van der Waals surface area contributed by atoms with Crippen LogP contribution in [0.1, 0.15) is 50.8 Å². The molecule has 1 saturated carbocycles. The van der Waals surface area contributed by atoms with E-state index in [-0.39, 0.29) is 18.2 Å². The number of aliphatic hydroxyl groups is 1. The van der Waals surface area contributed by atoms with Crippen LogP contribution in [-0.2, 0) is 4.79 Å². The number of benzene rings is 1. The van der Waals surface area contributed by atoms with Crippen LogP contribution in [0.2, 0.25) is 0 Å². The maximum absolute atomic E-state index is 12.6. The van der Waals surface area contributed by atoms with Crippen molar-refractivity contribution in [1.82, 2.24) is 9.97 Å². The zero-order valence-corrected chi connectivity index (χ0v) is 12.6. The van der Waals surface area contributed by atoms with Gasteiger partial charge in [-0.1, -0.05) is 19.3 Å². The van der Waals surface area contributed by atoms with E-state index < -0.39 is 12.0 Å². The van der Waals surface area contributed by atoms with E-state index in [1.807, 2.05) is 0 Å². The number of carbonyl (C=O) groups excluding carboxylic acids is 1. The van der Waals surface area contributed by atoms with Crippen molar-refractivity contribution in [2.75, 3.05) is 5.32 Å². The summed E-state index contributed by atoms with van der Waals surface area (Å²) < 4.78 is 25.3. The van der Waals surface area contributed by atoms with Crippen molar-refractivity contribution < 1.29 is 18.7 Å². The molecule has 1 fully saturated rings. The smallest absolute Gasteiger partial charge is 0.295 e. The summed E-state index contributed by atoms with van der Waals surface area (Å²) in [7, 11) is 0. The molecule has 3 rings (SSSR count). The number of H-pyrrole nitrogens is 1. The fraction of sp³-hybridized carbons (Fsp3) is 0.500. The molecule has 0 bridgehead atoms. The minimum atomic E-state index is -2.67. The Hall–Kier alpha value is -2.02. The zero-order chi connectivity index (χ0) is 16.4. The molecule has 0 spiro atoms. The number of carbonyl (C=O) groups is 1. The number of aromatic amines is 1. The highest BCUT2D eigenvalue weighted by molar-refractivity contribution is 5.93. The average molecular weight is 323 g/mol. The predicted molar refractivity (Wildman–Crippen MR) is 82.3 cm³/mol. The lowest BCUT2D eigenvalue weighted by Crippen LogP contribution is -2.35. The number of hydrogen-bond acceptors (Lipinski definition) is 3. The molecular weight excluding hydrogens is 304 g/mol. The van der Waals surface area contributed by atoms with E-state index in [1.165, 1.54) is 0 Å². The molecule has 0 aliphatic heterocycles. The Balaban J connectivity index is 1.69. The summed E-state index contributed by atoms with van der Waals surface area (Å²) in [5, 5.41) is 13.1. The Morgan fingerprint density at radius 3 is 2.78 bits per heavy atom. The second-order valence-corrected chi connectivity index (χ2v) is 6.16. The van der Waals surface area contributed by atoms with E-state index >= 15 is 0 Å². The van der Waals surface area contributed by atoms with Crippen molar-refractivity contribution in [1.29, 1.82) is 0 Å². The van der Waals surface area contributed by atoms with Crippen LogP contribution >= 0.6 is 0 Å². The SMILES string of the molecule is O=C(CC1(O)CCCCC1)Nc1ccc2nc(C(F)F)[nH]c2c1. The highest BCUT2D eigenvalue weighted by Crippen LogP contribution is 2.31. The lowest BCUT2D eigenvalue weighted by atomic mass is 9.82. The van der Waals surface area contributed by atoms with Crippen molar-refractivity contribution >= 4 is 22.6 Å². The monoisotopic (exact) mass is 323 g/mol. The second kappa shape index (κ2) is 6.23. The number of rotatable bonds is 4. The minimum absolute atomic E-state index is 0.0519. The van der Waals surface area contributed by atoms with Crippen LogP contribution < -0.4 is 5.32 Å². The Labute approximate surface area is 132 Å². The van der Waals surface area contributed by atoms with Gasteiger partial charge in [0.05, 0.1) is 23.1 Å². The summed E-state index contributed by atoms with van der Waals surface area (Å²) in [4.78, 5) is 18.4. The summed E-state index contributed by atoms with van der Waals surface area (Å²) in [6.07, 6.45) is 1.61. The molecule has 3 N–H and O–H groups in total. The molecular formula is C16H19F2N3O2. The van der Waals surface area contributed by atoms with Crippen LogP contribution in [0.25, 0.3) is 11.0 Å². The third-order valence-electron chi connectivity index (χ3n) is 4.26. The van der Waals surface area contributed by atoms with Gasteiger partial charge >= 0.3 is 0 Å². The largest absolute Gasteiger partial charge is 0.389 e. The molecule has 0 unspecified atom stereocenters. The molecule has 0 saturated heterocycles. The summed E-state index contributed by atoms with van der Waals surface area (Å²) in [6, 6.07) is 4.75. The van der Waals surface area contributed by atoms with Gasteiger partial charge in [0.1, 0.15) is 0 Å². The molecule has 124 valence electrons. The van der Waals surface area contributed by atoms with Crippen LogP contribution in [0, 0.1) is 0 Å². The van der Waals surface area contributed by atoms with Gasteiger partial charge in [-0.2, -0.15) is 0 Å². The minimum Gasteiger partial charge on any atom is -0.389 e. The number of imidazole rings is 1. The van der Waals surface area contributed by atoms with Gasteiger partial charge in [0.15, 0.2) is 5.82 Å². The van der Waals surface area contributed by atoms with Crippen LogP contribution in [0.15, 0.2) is 18.2 Å². The normalized spacial score (nSPS) is 17.6. The molecule has 5 nitrogen and oxygen atoms in total. The van der Waals surface area contributed by atoms with Crippen LogP contribution in [0.5, 0.6) is 0 Å². The first kappa shape index (κ1) is 15.9. The van der Waals surface area contributed by atoms with Gasteiger partial charge in [-0.15, -0.1) is 0 Å². The van der Waals surface area contributed by atoms with Gasteiger partial charge in [-0.3, -0.25) is 4.79 Å². The summed E-state index contributed by atoms with van der Waals surface area (Å²) >= 11 is 0. The Morgan fingerprint density at radius 2 is 2.09 bits per heavy atom. The molecule has 1 aromatic heterocycles. The van der Waals surface area contributed by atoms with Crippen LogP contribution in [-0.4, -0.2) is 26.6 Å². The van der Waals surface area contributed by atoms with Crippen molar-refractivity contribution in [2.24, 2.45) is 0 Å². The number of aromatic nitrogens is 2. The summed E-state index contributed by atoms with van der Waals surface area (Å²) in [5.41, 5.74) is 0.425. The van der Waals surface area contributed by atoms with Crippen molar-refractivity contribution in [3.63, 3.8) is 0 Å². The summed E-state index contributed by atoms with van der Waals surface area (Å²) in [5.74, 6) is -0.664. The van der Waals surface area contributed by atoms with E-state index in [2.05, 4.69) is 15.3 Å². The van der Waals surface area contributed by atoms with E-state index in [4.69, 9.17) is 0 Å². The second-order valence-electron chi connectivity index (χ2n) is 6.16. The maximum Gasteiger partial charge on any atom is 0.295 e. The van der Waals surface area contributed by atoms with Gasteiger partial charge in [0.25, 0.3) is 6.43 Å². The van der Waals surface area contributed by atoms with Crippen LogP contribution in [0.4, 0.5) is 14.5 Å². The maximum atomic E-state index is 12.6. The number of anilines is 1. The van der Waals surface area contributed by atoms with E-state index in [0.717, 1.165) is 19.3 Å². The molecule has 2 aromatic rings. The van der Waals surface area contributed by atoms with Gasteiger partial charge in [-0.05, 0) is 31.0 Å². The molecule has 1 heterocycles.